The Hall–Kier alpha value is -2.47. The summed E-state index contributed by atoms with van der Waals surface area (Å²) in [6.07, 6.45) is 0. The molecule has 2 rings (SSSR count). The van der Waals surface area contributed by atoms with E-state index < -0.39 is 6.61 Å². The molecule has 0 saturated heterocycles. The summed E-state index contributed by atoms with van der Waals surface area (Å²) in [7, 11) is 1.91. The van der Waals surface area contributed by atoms with Crippen LogP contribution in [0.15, 0.2) is 42.5 Å². The lowest BCUT2D eigenvalue weighted by Gasteiger charge is -2.15. The molecule has 0 aliphatic rings. The van der Waals surface area contributed by atoms with Gasteiger partial charge in [-0.1, -0.05) is 17.7 Å². The average Bonchev–Trinajstić information content (AvgIpc) is 2.51. The summed E-state index contributed by atoms with van der Waals surface area (Å²) in [5.41, 5.74) is 3.94. The third-order valence-corrected chi connectivity index (χ3v) is 3.77. The summed E-state index contributed by atoms with van der Waals surface area (Å²) < 4.78 is 28.6. The van der Waals surface area contributed by atoms with E-state index in [2.05, 4.69) is 10.1 Å². The van der Waals surface area contributed by atoms with Crippen molar-refractivity contribution in [1.29, 1.82) is 0 Å². The number of nitrogens with one attached hydrogen (secondary N) is 2. The second kappa shape index (κ2) is 8.58. The Morgan fingerprint density at radius 1 is 1.16 bits per heavy atom. The number of halogens is 2. The lowest BCUT2D eigenvalue weighted by atomic mass is 10.1. The van der Waals surface area contributed by atoms with Gasteiger partial charge in [-0.05, 0) is 49.7 Å². The summed E-state index contributed by atoms with van der Waals surface area (Å²) in [6, 6.07) is 12.3. The van der Waals surface area contributed by atoms with Crippen LogP contribution in [0.3, 0.4) is 0 Å². The lowest BCUT2D eigenvalue weighted by Crippen LogP contribution is -3.08. The summed E-state index contributed by atoms with van der Waals surface area (Å²) in [4.78, 5) is 13.2. The van der Waals surface area contributed by atoms with Gasteiger partial charge in [-0.15, -0.1) is 0 Å². The van der Waals surface area contributed by atoms with Gasteiger partial charge in [-0.3, -0.25) is 4.79 Å². The molecule has 1 atom stereocenters. The van der Waals surface area contributed by atoms with E-state index in [4.69, 9.17) is 0 Å². The molecule has 0 radical (unpaired) electrons. The Morgan fingerprint density at radius 3 is 2.44 bits per heavy atom. The standard InChI is InChI=1S/C19H22F2N2O2/c1-13-4-9-17(14(2)10-13)22-18(24)12-23(3)11-15-5-7-16(8-6-15)25-19(20)21/h4-10,19H,11-12H2,1-3H3,(H,22,24)/p+1. The first-order valence-electron chi connectivity index (χ1n) is 8.05. The number of rotatable bonds is 7. The van der Waals surface area contributed by atoms with Gasteiger partial charge < -0.3 is 15.0 Å². The number of ether oxygens (including phenoxy) is 1. The first-order chi connectivity index (χ1) is 11.8. The van der Waals surface area contributed by atoms with Gasteiger partial charge in [0.1, 0.15) is 12.3 Å². The monoisotopic (exact) mass is 349 g/mol. The van der Waals surface area contributed by atoms with E-state index in [1.54, 1.807) is 12.1 Å². The number of alkyl halides is 2. The Morgan fingerprint density at radius 2 is 1.84 bits per heavy atom. The van der Waals surface area contributed by atoms with Crippen molar-refractivity contribution in [3.8, 4) is 5.75 Å². The van der Waals surface area contributed by atoms with Crippen LogP contribution < -0.4 is 15.0 Å². The molecule has 25 heavy (non-hydrogen) atoms. The summed E-state index contributed by atoms with van der Waals surface area (Å²) >= 11 is 0. The first-order valence-corrected chi connectivity index (χ1v) is 8.05. The van der Waals surface area contributed by atoms with Crippen LogP contribution in [0.4, 0.5) is 14.5 Å². The number of carbonyl (C=O) groups is 1. The van der Waals surface area contributed by atoms with Gasteiger partial charge in [-0.25, -0.2) is 0 Å². The van der Waals surface area contributed by atoms with Gasteiger partial charge in [0.2, 0.25) is 0 Å². The van der Waals surface area contributed by atoms with Crippen molar-refractivity contribution in [3.05, 3.63) is 59.2 Å². The molecule has 4 nitrogen and oxygen atoms in total. The van der Waals surface area contributed by atoms with Crippen LogP contribution in [0.1, 0.15) is 16.7 Å². The van der Waals surface area contributed by atoms with Crippen molar-refractivity contribution in [2.45, 2.75) is 27.0 Å². The SMILES string of the molecule is Cc1ccc(NC(=O)C[NH+](C)Cc2ccc(OC(F)F)cc2)c(C)c1. The maximum Gasteiger partial charge on any atom is 0.387 e. The summed E-state index contributed by atoms with van der Waals surface area (Å²) in [5.74, 6) is 0.0612. The largest absolute Gasteiger partial charge is 0.435 e. The molecular formula is C19H23F2N2O2+. The molecule has 2 aromatic rings. The zero-order valence-corrected chi connectivity index (χ0v) is 14.6. The minimum atomic E-state index is -2.83. The van der Waals surface area contributed by atoms with Gasteiger partial charge in [0.25, 0.3) is 5.91 Å². The minimum Gasteiger partial charge on any atom is -0.435 e. The predicted octanol–water partition coefficient (Wildman–Crippen LogP) is 2.56. The van der Waals surface area contributed by atoms with Crippen LogP contribution in [0.25, 0.3) is 0 Å². The highest BCUT2D eigenvalue weighted by atomic mass is 19.3. The molecular weight excluding hydrogens is 326 g/mol. The second-order valence-corrected chi connectivity index (χ2v) is 6.20. The Kier molecular flexibility index (Phi) is 6.47. The fourth-order valence-corrected chi connectivity index (χ4v) is 2.62. The highest BCUT2D eigenvalue weighted by Crippen LogP contribution is 2.16. The molecule has 0 bridgehead atoms. The molecule has 2 aromatic carbocycles. The number of hydrogen-bond donors (Lipinski definition) is 2. The molecule has 0 aliphatic heterocycles. The third kappa shape index (κ3) is 6.15. The van der Waals surface area contributed by atoms with Gasteiger partial charge in [0.15, 0.2) is 6.54 Å². The van der Waals surface area contributed by atoms with Gasteiger partial charge in [0.05, 0.1) is 7.05 Å². The quantitative estimate of drug-likeness (QED) is 0.807. The van der Waals surface area contributed by atoms with Crippen molar-refractivity contribution in [1.82, 2.24) is 0 Å². The van der Waals surface area contributed by atoms with Crippen LogP contribution >= 0.6 is 0 Å². The number of benzene rings is 2. The zero-order valence-electron chi connectivity index (χ0n) is 14.6. The Balaban J connectivity index is 1.86. The number of hydrogen-bond acceptors (Lipinski definition) is 2. The molecule has 134 valence electrons. The second-order valence-electron chi connectivity index (χ2n) is 6.20. The summed E-state index contributed by atoms with van der Waals surface area (Å²) in [6.45, 7) is 2.06. The number of carbonyl (C=O) groups excluding carboxylic acids is 1. The number of likely N-dealkylation sites (N-methyl/N-ethyl adjacent to an activating group) is 1. The molecule has 2 N–H and O–H groups in total. The maximum absolute atomic E-state index is 12.2. The van der Waals surface area contributed by atoms with E-state index in [0.717, 1.165) is 27.3 Å². The van der Waals surface area contributed by atoms with Crippen molar-refractivity contribution < 1.29 is 23.2 Å². The normalized spacial score (nSPS) is 12.1. The molecule has 1 amide bonds. The minimum absolute atomic E-state index is 0.0675. The molecule has 0 aliphatic carbocycles. The average molecular weight is 349 g/mol. The molecule has 0 aromatic heterocycles. The van der Waals surface area contributed by atoms with Crippen LogP contribution in [-0.4, -0.2) is 26.1 Å². The lowest BCUT2D eigenvalue weighted by molar-refractivity contribution is -0.885. The van der Waals surface area contributed by atoms with Crippen LogP contribution in [0, 0.1) is 13.8 Å². The number of quaternary nitrogens is 1. The smallest absolute Gasteiger partial charge is 0.387 e. The van der Waals surface area contributed by atoms with E-state index in [1.807, 2.05) is 39.1 Å². The zero-order chi connectivity index (χ0) is 18.4. The van der Waals surface area contributed by atoms with Gasteiger partial charge >= 0.3 is 6.61 Å². The molecule has 0 spiro atoms. The first kappa shape index (κ1) is 18.9. The van der Waals surface area contributed by atoms with E-state index in [9.17, 15) is 13.6 Å². The predicted molar refractivity (Wildman–Crippen MR) is 93.1 cm³/mol. The van der Waals surface area contributed by atoms with E-state index in [-0.39, 0.29) is 11.7 Å². The number of anilines is 1. The van der Waals surface area contributed by atoms with Crippen LogP contribution in [0.2, 0.25) is 0 Å². The van der Waals surface area contributed by atoms with E-state index >= 15 is 0 Å². The molecule has 0 saturated carbocycles. The summed E-state index contributed by atoms with van der Waals surface area (Å²) in [5, 5.41) is 2.92. The third-order valence-electron chi connectivity index (χ3n) is 3.77. The van der Waals surface area contributed by atoms with Gasteiger partial charge in [0, 0.05) is 11.3 Å². The van der Waals surface area contributed by atoms with E-state index in [1.165, 1.54) is 12.1 Å². The molecule has 1 unspecified atom stereocenters. The number of amides is 1. The fraction of sp³-hybridized carbons (Fsp3) is 0.316. The van der Waals surface area contributed by atoms with Crippen molar-refractivity contribution >= 4 is 11.6 Å². The van der Waals surface area contributed by atoms with Crippen molar-refractivity contribution in [3.63, 3.8) is 0 Å². The number of aryl methyl sites for hydroxylation is 2. The van der Waals surface area contributed by atoms with E-state index in [0.29, 0.717) is 13.1 Å². The van der Waals surface area contributed by atoms with Crippen molar-refractivity contribution in [2.24, 2.45) is 0 Å². The highest BCUT2D eigenvalue weighted by molar-refractivity contribution is 5.92. The molecule has 0 heterocycles. The topological polar surface area (TPSA) is 42.8 Å². The fourth-order valence-electron chi connectivity index (χ4n) is 2.62. The molecule has 0 fully saturated rings. The maximum atomic E-state index is 12.2. The molecule has 6 heteroatoms. The van der Waals surface area contributed by atoms with Crippen LogP contribution in [-0.2, 0) is 11.3 Å². The Bertz CT molecular complexity index is 718. The Labute approximate surface area is 146 Å². The van der Waals surface area contributed by atoms with Crippen LogP contribution in [0.5, 0.6) is 5.75 Å². The van der Waals surface area contributed by atoms with Gasteiger partial charge in [-0.2, -0.15) is 8.78 Å². The van der Waals surface area contributed by atoms with Crippen molar-refractivity contribution in [2.75, 3.05) is 18.9 Å². The highest BCUT2D eigenvalue weighted by Gasteiger charge is 2.12.